The van der Waals surface area contributed by atoms with Gasteiger partial charge in [-0.2, -0.15) is 0 Å². The van der Waals surface area contributed by atoms with Gasteiger partial charge in [0.1, 0.15) is 5.75 Å². The number of rotatable bonds is 6. The molecule has 1 fully saturated rings. The highest BCUT2D eigenvalue weighted by Crippen LogP contribution is 2.31. The van der Waals surface area contributed by atoms with E-state index in [0.29, 0.717) is 11.7 Å². The number of aromatic hydroxyl groups is 1. The van der Waals surface area contributed by atoms with Gasteiger partial charge < -0.3 is 20.4 Å². The average molecular weight is 292 g/mol. The molecular formula is C17H28N2O2. The summed E-state index contributed by atoms with van der Waals surface area (Å²) in [5, 5.41) is 22.7. The monoisotopic (exact) mass is 292 g/mol. The number of anilines is 1. The largest absolute Gasteiger partial charge is 0.508 e. The van der Waals surface area contributed by atoms with Crippen molar-refractivity contribution in [1.29, 1.82) is 0 Å². The molecule has 3 N–H and O–H groups in total. The van der Waals surface area contributed by atoms with E-state index in [1.54, 1.807) is 0 Å². The van der Waals surface area contributed by atoms with Gasteiger partial charge in [0.2, 0.25) is 0 Å². The molecule has 0 spiro atoms. The van der Waals surface area contributed by atoms with E-state index in [1.165, 1.54) is 6.42 Å². The number of nitrogens with one attached hydrogen (secondary N) is 1. The van der Waals surface area contributed by atoms with Crippen LogP contribution in [0.15, 0.2) is 18.2 Å². The van der Waals surface area contributed by atoms with Crippen molar-refractivity contribution >= 4 is 5.69 Å². The molecular weight excluding hydrogens is 264 g/mol. The van der Waals surface area contributed by atoms with Crippen molar-refractivity contribution in [3.8, 4) is 5.75 Å². The molecule has 4 nitrogen and oxygen atoms in total. The molecule has 0 amide bonds. The Morgan fingerprint density at radius 3 is 2.90 bits per heavy atom. The van der Waals surface area contributed by atoms with Crippen LogP contribution in [0.5, 0.6) is 5.75 Å². The summed E-state index contributed by atoms with van der Waals surface area (Å²) >= 11 is 0. The fourth-order valence-corrected chi connectivity index (χ4v) is 3.23. The third kappa shape index (κ3) is 4.11. The molecule has 1 aliphatic heterocycles. The topological polar surface area (TPSA) is 55.7 Å². The smallest absolute Gasteiger partial charge is 0.122 e. The van der Waals surface area contributed by atoms with E-state index in [9.17, 15) is 5.11 Å². The Labute approximate surface area is 127 Å². The normalized spacial score (nSPS) is 20.5. The van der Waals surface area contributed by atoms with E-state index in [0.717, 1.165) is 43.7 Å². The van der Waals surface area contributed by atoms with Crippen molar-refractivity contribution in [3.63, 3.8) is 0 Å². The van der Waals surface area contributed by atoms with Gasteiger partial charge in [-0.25, -0.2) is 0 Å². The summed E-state index contributed by atoms with van der Waals surface area (Å²) in [4.78, 5) is 2.32. The third-order valence-electron chi connectivity index (χ3n) is 4.41. The maximum atomic E-state index is 10.3. The summed E-state index contributed by atoms with van der Waals surface area (Å²) in [6, 6.07) is 6.16. The Morgan fingerprint density at radius 1 is 1.43 bits per heavy atom. The van der Waals surface area contributed by atoms with E-state index in [-0.39, 0.29) is 12.6 Å². The first-order chi connectivity index (χ1) is 10.2. The summed E-state index contributed by atoms with van der Waals surface area (Å²) in [5.41, 5.74) is 2.03. The molecule has 0 saturated carbocycles. The van der Waals surface area contributed by atoms with Gasteiger partial charge in [-0.1, -0.05) is 13.0 Å². The zero-order valence-electron chi connectivity index (χ0n) is 13.2. The molecule has 1 aliphatic rings. The Bertz CT molecular complexity index is 448. The Morgan fingerprint density at radius 2 is 2.24 bits per heavy atom. The van der Waals surface area contributed by atoms with Gasteiger partial charge in [0.25, 0.3) is 0 Å². The predicted molar refractivity (Wildman–Crippen MR) is 86.8 cm³/mol. The van der Waals surface area contributed by atoms with Gasteiger partial charge in [0, 0.05) is 43.1 Å². The quantitative estimate of drug-likeness (QED) is 0.754. The van der Waals surface area contributed by atoms with Crippen molar-refractivity contribution in [2.45, 2.75) is 39.2 Å². The van der Waals surface area contributed by atoms with Crippen LogP contribution in [0, 0.1) is 5.92 Å². The molecule has 0 aliphatic carbocycles. The minimum Gasteiger partial charge on any atom is -0.508 e. The molecule has 0 aromatic heterocycles. The van der Waals surface area contributed by atoms with E-state index in [1.807, 2.05) is 12.1 Å². The van der Waals surface area contributed by atoms with Crippen LogP contribution in [0.3, 0.4) is 0 Å². The summed E-state index contributed by atoms with van der Waals surface area (Å²) in [6.45, 7) is 7.29. The lowest BCUT2D eigenvalue weighted by molar-refractivity contribution is 0.244. The second-order valence-electron chi connectivity index (χ2n) is 5.99. The van der Waals surface area contributed by atoms with E-state index in [4.69, 9.17) is 5.11 Å². The first-order valence-corrected chi connectivity index (χ1v) is 8.07. The molecule has 1 heterocycles. The minimum absolute atomic E-state index is 0.160. The Kier molecular flexibility index (Phi) is 5.88. The standard InChI is InChI=1S/C17H28N2O2/c1-3-18-13(2)16-7-6-15(11-17(16)21)19-9-4-5-14(12-19)8-10-20/h6-7,11,13-14,18,20-21H,3-5,8-10,12H2,1-2H3. The molecule has 21 heavy (non-hydrogen) atoms. The first-order valence-electron chi connectivity index (χ1n) is 8.07. The van der Waals surface area contributed by atoms with Crippen LogP contribution in [0.25, 0.3) is 0 Å². The molecule has 2 unspecified atom stereocenters. The molecule has 2 rings (SSSR count). The van der Waals surface area contributed by atoms with E-state index >= 15 is 0 Å². The number of hydrogen-bond acceptors (Lipinski definition) is 4. The van der Waals surface area contributed by atoms with E-state index < -0.39 is 0 Å². The molecule has 1 saturated heterocycles. The van der Waals surface area contributed by atoms with Gasteiger partial charge in [0.15, 0.2) is 0 Å². The van der Waals surface area contributed by atoms with Crippen molar-refractivity contribution < 1.29 is 10.2 Å². The first kappa shape index (κ1) is 16.1. The minimum atomic E-state index is 0.160. The van der Waals surface area contributed by atoms with Crippen LogP contribution in [0.1, 0.15) is 44.7 Å². The average Bonchev–Trinajstić information content (AvgIpc) is 2.48. The lowest BCUT2D eigenvalue weighted by Crippen LogP contribution is -2.35. The maximum absolute atomic E-state index is 10.3. The number of phenols is 1. The molecule has 118 valence electrons. The highest BCUT2D eigenvalue weighted by molar-refractivity contribution is 5.54. The van der Waals surface area contributed by atoms with Gasteiger partial charge in [0.05, 0.1) is 0 Å². The zero-order valence-corrected chi connectivity index (χ0v) is 13.2. The van der Waals surface area contributed by atoms with Crippen molar-refractivity contribution in [2.75, 3.05) is 31.1 Å². The number of benzene rings is 1. The zero-order chi connectivity index (χ0) is 15.2. The number of nitrogens with zero attached hydrogens (tertiary/aromatic N) is 1. The van der Waals surface area contributed by atoms with E-state index in [2.05, 4.69) is 30.1 Å². The lowest BCUT2D eigenvalue weighted by atomic mass is 9.94. The van der Waals surface area contributed by atoms with Gasteiger partial charge >= 0.3 is 0 Å². The highest BCUT2D eigenvalue weighted by Gasteiger charge is 2.20. The third-order valence-corrected chi connectivity index (χ3v) is 4.41. The molecule has 0 radical (unpaired) electrons. The molecule has 1 aromatic rings. The number of aliphatic hydroxyl groups is 1. The summed E-state index contributed by atoms with van der Waals surface area (Å²) in [6.07, 6.45) is 3.22. The van der Waals surface area contributed by atoms with Gasteiger partial charge in [-0.3, -0.25) is 0 Å². The Balaban J connectivity index is 2.08. The summed E-state index contributed by atoms with van der Waals surface area (Å²) in [5.74, 6) is 0.927. The number of hydrogen-bond donors (Lipinski definition) is 3. The van der Waals surface area contributed by atoms with Crippen LogP contribution in [0.2, 0.25) is 0 Å². The summed E-state index contributed by atoms with van der Waals surface area (Å²) < 4.78 is 0. The maximum Gasteiger partial charge on any atom is 0.122 e. The highest BCUT2D eigenvalue weighted by atomic mass is 16.3. The van der Waals surface area contributed by atoms with Crippen LogP contribution < -0.4 is 10.2 Å². The molecule has 4 heteroatoms. The fourth-order valence-electron chi connectivity index (χ4n) is 3.23. The number of aliphatic hydroxyl groups excluding tert-OH is 1. The molecule has 0 bridgehead atoms. The second-order valence-corrected chi connectivity index (χ2v) is 5.99. The SMILES string of the molecule is CCNC(C)c1ccc(N2CCCC(CCO)C2)cc1O. The second kappa shape index (κ2) is 7.66. The number of phenolic OH excluding ortho intramolecular Hbond substituents is 1. The van der Waals surface area contributed by atoms with Crippen molar-refractivity contribution in [3.05, 3.63) is 23.8 Å². The summed E-state index contributed by atoms with van der Waals surface area (Å²) in [7, 11) is 0. The van der Waals surface area contributed by atoms with Crippen LogP contribution in [0.4, 0.5) is 5.69 Å². The lowest BCUT2D eigenvalue weighted by Gasteiger charge is -2.34. The van der Waals surface area contributed by atoms with Gasteiger partial charge in [-0.05, 0) is 44.7 Å². The predicted octanol–water partition coefficient (Wildman–Crippen LogP) is 2.66. The van der Waals surface area contributed by atoms with Crippen molar-refractivity contribution in [1.82, 2.24) is 5.32 Å². The molecule has 1 aromatic carbocycles. The van der Waals surface area contributed by atoms with Crippen LogP contribution in [-0.4, -0.2) is 36.5 Å². The number of piperidine rings is 1. The van der Waals surface area contributed by atoms with Crippen LogP contribution >= 0.6 is 0 Å². The van der Waals surface area contributed by atoms with Gasteiger partial charge in [-0.15, -0.1) is 0 Å². The van der Waals surface area contributed by atoms with Crippen molar-refractivity contribution in [2.24, 2.45) is 5.92 Å². The fraction of sp³-hybridized carbons (Fsp3) is 0.647. The Hall–Kier alpha value is -1.26. The molecule has 2 atom stereocenters. The van der Waals surface area contributed by atoms with Crippen LogP contribution in [-0.2, 0) is 0 Å².